The maximum atomic E-state index is 4.48. The summed E-state index contributed by atoms with van der Waals surface area (Å²) < 4.78 is 1.78. The summed E-state index contributed by atoms with van der Waals surface area (Å²) in [6.07, 6.45) is 6.06. The fraction of sp³-hybridized carbons (Fsp3) is 0.444. The molecule has 0 unspecified atom stereocenters. The maximum absolute atomic E-state index is 4.48. The van der Waals surface area contributed by atoms with Crippen molar-refractivity contribution in [1.82, 2.24) is 29.6 Å². The van der Waals surface area contributed by atoms with E-state index in [1.54, 1.807) is 11.0 Å². The number of benzene rings is 1. The van der Waals surface area contributed by atoms with Gasteiger partial charge in [-0.1, -0.05) is 19.9 Å². The highest BCUT2D eigenvalue weighted by Crippen LogP contribution is 2.39. The van der Waals surface area contributed by atoms with Crippen molar-refractivity contribution in [3.63, 3.8) is 0 Å². The number of pyridine rings is 1. The van der Waals surface area contributed by atoms with Gasteiger partial charge in [-0.25, -0.2) is 4.98 Å². The second-order valence-corrected chi connectivity index (χ2v) is 9.83. The average Bonchev–Trinajstić information content (AvgIpc) is 3.38. The van der Waals surface area contributed by atoms with Crippen molar-refractivity contribution in [3.8, 4) is 11.3 Å². The molecule has 0 bridgehead atoms. The van der Waals surface area contributed by atoms with E-state index in [9.17, 15) is 0 Å². The molecule has 1 aromatic carbocycles. The second kappa shape index (κ2) is 8.75. The number of hydrogen-bond acceptors (Lipinski definition) is 4. The molecule has 0 aliphatic carbocycles. The minimum absolute atomic E-state index is 0.435. The zero-order valence-electron chi connectivity index (χ0n) is 20.4. The smallest absolute Gasteiger partial charge is 0.164 e. The van der Waals surface area contributed by atoms with E-state index in [0.717, 1.165) is 31.2 Å². The van der Waals surface area contributed by atoms with Crippen molar-refractivity contribution in [3.05, 3.63) is 65.0 Å². The van der Waals surface area contributed by atoms with Crippen LogP contribution < -0.4 is 0 Å². The van der Waals surface area contributed by atoms with Crippen LogP contribution in [-0.2, 0) is 13.6 Å². The molecule has 5 rings (SSSR count). The first kappa shape index (κ1) is 21.8. The third kappa shape index (κ3) is 4.20. The molecule has 1 saturated heterocycles. The highest BCUT2D eigenvalue weighted by Gasteiger charge is 2.24. The number of hydrogen-bond donors (Lipinski definition) is 1. The van der Waals surface area contributed by atoms with Crippen LogP contribution in [0.15, 0.2) is 36.8 Å². The lowest BCUT2D eigenvalue weighted by atomic mass is 9.87. The van der Waals surface area contributed by atoms with Crippen molar-refractivity contribution in [2.45, 2.75) is 58.9 Å². The van der Waals surface area contributed by atoms with Crippen LogP contribution in [0, 0.1) is 13.8 Å². The van der Waals surface area contributed by atoms with Crippen molar-refractivity contribution in [2.24, 2.45) is 7.05 Å². The Labute approximate surface area is 196 Å². The monoisotopic (exact) mass is 442 g/mol. The number of aromatic amines is 1. The molecule has 6 heteroatoms. The number of likely N-dealkylation sites (tertiary alicyclic amines) is 1. The zero-order chi connectivity index (χ0) is 23.1. The summed E-state index contributed by atoms with van der Waals surface area (Å²) >= 11 is 0. The SMILES string of the molecule is Cc1nccc(-c2[nH]c3ccc(C4CCN(Cc5ncn(C)n5)CC4)cc3c2C(C)C)c1C. The molecular formula is C27H34N6. The van der Waals surface area contributed by atoms with Crippen LogP contribution >= 0.6 is 0 Å². The quantitative estimate of drug-likeness (QED) is 0.445. The number of nitrogens with zero attached hydrogens (tertiary/aromatic N) is 5. The molecule has 1 aliphatic rings. The summed E-state index contributed by atoms with van der Waals surface area (Å²) in [4.78, 5) is 15.1. The summed E-state index contributed by atoms with van der Waals surface area (Å²) in [7, 11) is 1.92. The van der Waals surface area contributed by atoms with Crippen molar-refractivity contribution < 1.29 is 0 Å². The molecule has 1 fully saturated rings. The van der Waals surface area contributed by atoms with Gasteiger partial charge in [-0.2, -0.15) is 5.10 Å². The minimum Gasteiger partial charge on any atom is -0.354 e. The maximum Gasteiger partial charge on any atom is 0.164 e. The van der Waals surface area contributed by atoms with E-state index in [4.69, 9.17) is 0 Å². The van der Waals surface area contributed by atoms with E-state index < -0.39 is 0 Å². The molecule has 4 heterocycles. The molecule has 1 N–H and O–H groups in total. The van der Waals surface area contributed by atoms with Gasteiger partial charge < -0.3 is 4.98 Å². The highest BCUT2D eigenvalue weighted by molar-refractivity contribution is 5.92. The Morgan fingerprint density at radius 2 is 1.88 bits per heavy atom. The van der Waals surface area contributed by atoms with E-state index in [2.05, 4.69) is 76.9 Å². The number of aromatic nitrogens is 5. The Bertz CT molecular complexity index is 1270. The number of fused-ring (bicyclic) bond motifs is 1. The summed E-state index contributed by atoms with van der Waals surface area (Å²) in [6.45, 7) is 11.9. The number of aryl methyl sites for hydroxylation is 2. The third-order valence-corrected chi connectivity index (χ3v) is 7.24. The lowest BCUT2D eigenvalue weighted by Crippen LogP contribution is -2.32. The average molecular weight is 443 g/mol. The Morgan fingerprint density at radius 3 is 2.58 bits per heavy atom. The number of piperidine rings is 1. The fourth-order valence-electron chi connectivity index (χ4n) is 5.29. The van der Waals surface area contributed by atoms with Gasteiger partial charge >= 0.3 is 0 Å². The predicted molar refractivity (Wildman–Crippen MR) is 133 cm³/mol. The van der Waals surface area contributed by atoms with Gasteiger partial charge in [-0.3, -0.25) is 14.6 Å². The van der Waals surface area contributed by atoms with Crippen molar-refractivity contribution in [1.29, 1.82) is 0 Å². The third-order valence-electron chi connectivity index (χ3n) is 7.24. The van der Waals surface area contributed by atoms with E-state index in [1.165, 1.54) is 51.7 Å². The lowest BCUT2D eigenvalue weighted by Gasteiger charge is -2.31. The molecule has 3 aromatic heterocycles. The first-order valence-corrected chi connectivity index (χ1v) is 12.1. The topological polar surface area (TPSA) is 62.6 Å². The first-order valence-electron chi connectivity index (χ1n) is 12.1. The standard InChI is InChI=1S/C27H34N6/c1-17(2)26-23-14-21(20-9-12-33(13-10-20)15-25-29-16-32(5)31-25)6-7-24(23)30-27(26)22-8-11-28-19(4)18(22)3/h6-8,11,14,16-17,20,30H,9-10,12-13,15H2,1-5H3. The van der Waals surface area contributed by atoms with Gasteiger partial charge in [0.15, 0.2) is 5.82 Å². The van der Waals surface area contributed by atoms with Gasteiger partial charge in [-0.05, 0) is 86.5 Å². The van der Waals surface area contributed by atoms with Gasteiger partial charge in [0.25, 0.3) is 0 Å². The van der Waals surface area contributed by atoms with Crippen LogP contribution in [0.1, 0.15) is 66.7 Å². The minimum atomic E-state index is 0.435. The van der Waals surface area contributed by atoms with Crippen molar-refractivity contribution >= 4 is 10.9 Å². The molecule has 0 saturated carbocycles. The molecule has 0 spiro atoms. The van der Waals surface area contributed by atoms with Gasteiger partial charge in [0.2, 0.25) is 0 Å². The van der Waals surface area contributed by atoms with Gasteiger partial charge in [0, 0.05) is 35.4 Å². The number of H-pyrrole nitrogens is 1. The van der Waals surface area contributed by atoms with Crippen LogP contribution in [0.3, 0.4) is 0 Å². The number of nitrogens with one attached hydrogen (secondary N) is 1. The molecule has 1 aliphatic heterocycles. The molecule has 4 aromatic rings. The summed E-state index contributed by atoms with van der Waals surface area (Å²) in [5.74, 6) is 1.95. The summed E-state index contributed by atoms with van der Waals surface area (Å²) in [6, 6.07) is 9.21. The Morgan fingerprint density at radius 1 is 1.09 bits per heavy atom. The Kier molecular flexibility index (Phi) is 5.79. The molecular weight excluding hydrogens is 408 g/mol. The second-order valence-electron chi connectivity index (χ2n) is 9.83. The fourth-order valence-corrected chi connectivity index (χ4v) is 5.29. The predicted octanol–water partition coefficient (Wildman–Crippen LogP) is 5.48. The summed E-state index contributed by atoms with van der Waals surface area (Å²) in [5, 5.41) is 5.80. The van der Waals surface area contributed by atoms with Crippen LogP contribution in [0.5, 0.6) is 0 Å². The number of rotatable bonds is 5. The molecule has 6 nitrogen and oxygen atoms in total. The largest absolute Gasteiger partial charge is 0.354 e. The zero-order valence-corrected chi connectivity index (χ0v) is 20.4. The van der Waals surface area contributed by atoms with Gasteiger partial charge in [0.1, 0.15) is 6.33 Å². The van der Waals surface area contributed by atoms with Gasteiger partial charge in [0.05, 0.1) is 12.2 Å². The Hall–Kier alpha value is -2.99. The molecule has 0 radical (unpaired) electrons. The van der Waals surface area contributed by atoms with E-state index in [-0.39, 0.29) is 0 Å². The molecule has 172 valence electrons. The van der Waals surface area contributed by atoms with Gasteiger partial charge in [-0.15, -0.1) is 0 Å². The van der Waals surface area contributed by atoms with E-state index >= 15 is 0 Å². The highest BCUT2D eigenvalue weighted by atomic mass is 15.3. The van der Waals surface area contributed by atoms with E-state index in [1.807, 2.05) is 13.2 Å². The van der Waals surface area contributed by atoms with Crippen LogP contribution in [0.4, 0.5) is 0 Å². The lowest BCUT2D eigenvalue weighted by molar-refractivity contribution is 0.200. The van der Waals surface area contributed by atoms with Crippen LogP contribution in [0.2, 0.25) is 0 Å². The van der Waals surface area contributed by atoms with Crippen molar-refractivity contribution in [2.75, 3.05) is 13.1 Å². The Balaban J connectivity index is 1.41. The van der Waals surface area contributed by atoms with Crippen LogP contribution in [0.25, 0.3) is 22.2 Å². The van der Waals surface area contributed by atoms with E-state index in [0.29, 0.717) is 11.8 Å². The summed E-state index contributed by atoms with van der Waals surface area (Å²) in [5.41, 5.74) is 8.96. The molecule has 0 amide bonds. The molecule has 33 heavy (non-hydrogen) atoms. The van der Waals surface area contributed by atoms with Crippen LogP contribution in [-0.4, -0.2) is 42.7 Å². The normalized spacial score (nSPS) is 15.7. The molecule has 0 atom stereocenters. The first-order chi connectivity index (χ1) is 15.9.